The maximum Gasteiger partial charge on any atom is 0.141 e. The minimum Gasteiger partial charge on any atom is -0.383 e. The number of pyridine rings is 1. The summed E-state index contributed by atoms with van der Waals surface area (Å²) in [5, 5.41) is 0. The van der Waals surface area contributed by atoms with Crippen molar-refractivity contribution in [3.8, 4) is 0 Å². The van der Waals surface area contributed by atoms with Gasteiger partial charge in [0.1, 0.15) is 11.6 Å². The molecule has 0 amide bonds. The lowest BCUT2D eigenvalue weighted by atomic mass is 10.00. The number of nitrogen functional groups attached to an aromatic ring is 1. The van der Waals surface area contributed by atoms with Crippen LogP contribution >= 0.6 is 0 Å². The Balaban J connectivity index is 2.05. The van der Waals surface area contributed by atoms with Gasteiger partial charge in [0.2, 0.25) is 0 Å². The molecule has 0 bridgehead atoms. The number of anilines is 1. The van der Waals surface area contributed by atoms with Gasteiger partial charge in [0.05, 0.1) is 0 Å². The van der Waals surface area contributed by atoms with Crippen LogP contribution in [0.3, 0.4) is 0 Å². The first kappa shape index (κ1) is 13.3. The van der Waals surface area contributed by atoms with Crippen LogP contribution in [0.2, 0.25) is 0 Å². The van der Waals surface area contributed by atoms with E-state index in [-0.39, 0.29) is 5.78 Å². The van der Waals surface area contributed by atoms with E-state index in [0.717, 1.165) is 11.1 Å². The highest BCUT2D eigenvalue weighted by atomic mass is 16.1. The minimum atomic E-state index is 0.156. The number of rotatable bonds is 4. The molecular weight excluding hydrogens is 236 g/mol. The van der Waals surface area contributed by atoms with Gasteiger partial charge in [-0.1, -0.05) is 24.3 Å². The molecule has 0 atom stereocenters. The lowest BCUT2D eigenvalue weighted by Gasteiger charge is -2.06. The van der Waals surface area contributed by atoms with Gasteiger partial charge in [-0.2, -0.15) is 0 Å². The van der Waals surface area contributed by atoms with Crippen molar-refractivity contribution in [2.45, 2.75) is 26.7 Å². The SMILES string of the molecule is Cc1ccc(CC(=O)Cc2cccnc2N)cc1C. The molecule has 2 rings (SSSR count). The lowest BCUT2D eigenvalue weighted by molar-refractivity contribution is -0.117. The second-order valence-corrected chi connectivity index (χ2v) is 4.86. The van der Waals surface area contributed by atoms with Crippen LogP contribution in [0, 0.1) is 13.8 Å². The quantitative estimate of drug-likeness (QED) is 0.912. The Labute approximate surface area is 113 Å². The second kappa shape index (κ2) is 5.65. The van der Waals surface area contributed by atoms with Gasteiger partial charge in [-0.3, -0.25) is 4.79 Å². The Bertz CT molecular complexity index is 605. The normalized spacial score (nSPS) is 10.4. The number of nitrogens with two attached hydrogens (primary N) is 1. The van der Waals surface area contributed by atoms with Crippen LogP contribution in [0.25, 0.3) is 0 Å². The third-order valence-corrected chi connectivity index (χ3v) is 3.29. The van der Waals surface area contributed by atoms with Crippen LogP contribution in [0.5, 0.6) is 0 Å². The molecule has 0 aliphatic carbocycles. The predicted octanol–water partition coefficient (Wildman–Crippen LogP) is 2.63. The fourth-order valence-electron chi connectivity index (χ4n) is 2.02. The van der Waals surface area contributed by atoms with Gasteiger partial charge >= 0.3 is 0 Å². The van der Waals surface area contributed by atoms with Crippen molar-refractivity contribution < 1.29 is 4.79 Å². The highest BCUT2D eigenvalue weighted by Gasteiger charge is 2.08. The molecule has 0 saturated heterocycles. The molecule has 0 spiro atoms. The zero-order valence-electron chi connectivity index (χ0n) is 11.3. The molecule has 0 radical (unpaired) electrons. The molecule has 2 N–H and O–H groups in total. The number of carbonyl (C=O) groups excluding carboxylic acids is 1. The van der Waals surface area contributed by atoms with Gasteiger partial charge in [0, 0.05) is 24.6 Å². The topological polar surface area (TPSA) is 56.0 Å². The van der Waals surface area contributed by atoms with Crippen LogP contribution in [0.1, 0.15) is 22.3 Å². The first-order chi connectivity index (χ1) is 9.06. The Morgan fingerprint density at radius 3 is 2.63 bits per heavy atom. The monoisotopic (exact) mass is 254 g/mol. The van der Waals surface area contributed by atoms with E-state index in [9.17, 15) is 4.79 Å². The molecule has 0 fully saturated rings. The highest BCUT2D eigenvalue weighted by Crippen LogP contribution is 2.13. The van der Waals surface area contributed by atoms with E-state index in [1.54, 1.807) is 12.3 Å². The van der Waals surface area contributed by atoms with Gasteiger partial charge in [0.25, 0.3) is 0 Å². The molecule has 0 saturated carbocycles. The van der Waals surface area contributed by atoms with Crippen molar-refractivity contribution >= 4 is 11.6 Å². The Kier molecular flexibility index (Phi) is 3.95. The highest BCUT2D eigenvalue weighted by molar-refractivity contribution is 5.84. The molecule has 98 valence electrons. The van der Waals surface area contributed by atoms with Crippen LogP contribution in [0.4, 0.5) is 5.82 Å². The number of aromatic nitrogens is 1. The number of benzene rings is 1. The molecule has 1 heterocycles. The average molecular weight is 254 g/mol. The average Bonchev–Trinajstić information content (AvgIpc) is 2.37. The Morgan fingerprint density at radius 1 is 1.16 bits per heavy atom. The summed E-state index contributed by atoms with van der Waals surface area (Å²) in [4.78, 5) is 16.0. The molecule has 0 unspecified atom stereocenters. The summed E-state index contributed by atoms with van der Waals surface area (Å²) in [6.45, 7) is 4.12. The number of Topliss-reactive ketones (excluding diaryl/α,β-unsaturated/α-hetero) is 1. The van der Waals surface area contributed by atoms with Gasteiger partial charge in [0.15, 0.2) is 0 Å². The predicted molar refractivity (Wildman–Crippen MR) is 77.0 cm³/mol. The standard InChI is InChI=1S/C16H18N2O/c1-11-5-6-13(8-12(11)2)9-15(19)10-14-4-3-7-18-16(14)17/h3-8H,9-10H2,1-2H3,(H2,17,18). The minimum absolute atomic E-state index is 0.156. The summed E-state index contributed by atoms with van der Waals surface area (Å²) in [6.07, 6.45) is 2.41. The van der Waals surface area contributed by atoms with Crippen LogP contribution in [-0.4, -0.2) is 10.8 Å². The summed E-state index contributed by atoms with van der Waals surface area (Å²) in [5.41, 5.74) is 10.1. The van der Waals surface area contributed by atoms with E-state index in [1.807, 2.05) is 12.1 Å². The Morgan fingerprint density at radius 2 is 1.95 bits per heavy atom. The molecule has 3 heteroatoms. The smallest absolute Gasteiger partial charge is 0.141 e. The van der Waals surface area contributed by atoms with Gasteiger partial charge in [-0.05, 0) is 36.6 Å². The van der Waals surface area contributed by atoms with Crippen LogP contribution in [-0.2, 0) is 17.6 Å². The molecule has 19 heavy (non-hydrogen) atoms. The summed E-state index contributed by atoms with van der Waals surface area (Å²) in [7, 11) is 0. The van der Waals surface area contributed by atoms with Gasteiger partial charge in [-0.15, -0.1) is 0 Å². The third-order valence-electron chi connectivity index (χ3n) is 3.29. The number of hydrogen-bond acceptors (Lipinski definition) is 3. The fourth-order valence-corrected chi connectivity index (χ4v) is 2.02. The first-order valence-corrected chi connectivity index (χ1v) is 6.33. The van der Waals surface area contributed by atoms with Gasteiger partial charge < -0.3 is 5.73 Å². The largest absolute Gasteiger partial charge is 0.383 e. The third kappa shape index (κ3) is 3.41. The van der Waals surface area contributed by atoms with Crippen LogP contribution in [0.15, 0.2) is 36.5 Å². The molecule has 1 aromatic heterocycles. The van der Waals surface area contributed by atoms with E-state index in [1.165, 1.54) is 11.1 Å². The molecule has 3 nitrogen and oxygen atoms in total. The number of ketones is 1. The fraction of sp³-hybridized carbons (Fsp3) is 0.250. The lowest BCUT2D eigenvalue weighted by Crippen LogP contribution is -2.09. The summed E-state index contributed by atoms with van der Waals surface area (Å²) in [6, 6.07) is 9.78. The molecule has 0 aliphatic rings. The van der Waals surface area contributed by atoms with E-state index in [2.05, 4.69) is 31.0 Å². The van der Waals surface area contributed by atoms with E-state index in [0.29, 0.717) is 18.7 Å². The second-order valence-electron chi connectivity index (χ2n) is 4.86. The molecule has 1 aromatic carbocycles. The first-order valence-electron chi connectivity index (χ1n) is 6.33. The van der Waals surface area contributed by atoms with Crippen molar-refractivity contribution in [1.82, 2.24) is 4.98 Å². The molecular formula is C16H18N2O. The molecule has 2 aromatic rings. The van der Waals surface area contributed by atoms with E-state index >= 15 is 0 Å². The number of nitrogens with zero attached hydrogens (tertiary/aromatic N) is 1. The van der Waals surface area contributed by atoms with Crippen molar-refractivity contribution in [2.24, 2.45) is 0 Å². The molecule has 0 aliphatic heterocycles. The van der Waals surface area contributed by atoms with Crippen molar-refractivity contribution in [3.63, 3.8) is 0 Å². The zero-order valence-corrected chi connectivity index (χ0v) is 11.3. The summed E-state index contributed by atoms with van der Waals surface area (Å²) < 4.78 is 0. The summed E-state index contributed by atoms with van der Waals surface area (Å²) >= 11 is 0. The van der Waals surface area contributed by atoms with E-state index in [4.69, 9.17) is 5.73 Å². The maximum absolute atomic E-state index is 12.0. The van der Waals surface area contributed by atoms with E-state index < -0.39 is 0 Å². The van der Waals surface area contributed by atoms with Gasteiger partial charge in [-0.25, -0.2) is 4.98 Å². The Hall–Kier alpha value is -2.16. The number of hydrogen-bond donors (Lipinski definition) is 1. The maximum atomic E-state index is 12.0. The zero-order chi connectivity index (χ0) is 13.8. The summed E-state index contributed by atoms with van der Waals surface area (Å²) in [5.74, 6) is 0.596. The van der Waals surface area contributed by atoms with Crippen molar-refractivity contribution in [3.05, 3.63) is 58.8 Å². The number of carbonyl (C=O) groups is 1. The van der Waals surface area contributed by atoms with Crippen molar-refractivity contribution in [2.75, 3.05) is 5.73 Å². The number of aryl methyl sites for hydroxylation is 2. The van der Waals surface area contributed by atoms with Crippen LogP contribution < -0.4 is 5.73 Å². The van der Waals surface area contributed by atoms with Crippen molar-refractivity contribution in [1.29, 1.82) is 0 Å².